The van der Waals surface area contributed by atoms with E-state index in [0.717, 1.165) is 30.2 Å². The smallest absolute Gasteiger partial charge is 0.321 e. The predicted octanol–water partition coefficient (Wildman–Crippen LogP) is 2.09. The van der Waals surface area contributed by atoms with Gasteiger partial charge in [-0.2, -0.15) is 0 Å². The van der Waals surface area contributed by atoms with Crippen LogP contribution in [0.5, 0.6) is 0 Å². The van der Waals surface area contributed by atoms with Crippen molar-refractivity contribution in [2.45, 2.75) is 38.4 Å². The van der Waals surface area contributed by atoms with Gasteiger partial charge in [0.2, 0.25) is 5.95 Å². The third-order valence-electron chi connectivity index (χ3n) is 5.10. The van der Waals surface area contributed by atoms with E-state index in [1.807, 2.05) is 35.5 Å². The lowest BCUT2D eigenvalue weighted by Crippen LogP contribution is -2.45. The van der Waals surface area contributed by atoms with Crippen molar-refractivity contribution < 1.29 is 9.90 Å². The van der Waals surface area contributed by atoms with Crippen LogP contribution >= 0.6 is 0 Å². The molecule has 130 valence electrons. The standard InChI is InChI=1S/C19H22N4O2/c24-18(25)17-9-15-5-1-2-6-16(15)13-23(17)12-14-10-20-19(21-11-14)22-7-3-4-8-22/h1-2,5-6,10-11,17H,3-4,7-9,12-13H2,(H,24,25)/t17-/m1/s1. The Hall–Kier alpha value is -2.47. The summed E-state index contributed by atoms with van der Waals surface area (Å²) < 4.78 is 0. The molecule has 0 saturated carbocycles. The van der Waals surface area contributed by atoms with Gasteiger partial charge in [-0.25, -0.2) is 9.97 Å². The normalized spacial score (nSPS) is 20.5. The highest BCUT2D eigenvalue weighted by Crippen LogP contribution is 2.25. The van der Waals surface area contributed by atoms with E-state index >= 15 is 0 Å². The van der Waals surface area contributed by atoms with E-state index in [4.69, 9.17) is 0 Å². The molecule has 0 radical (unpaired) electrons. The Labute approximate surface area is 147 Å². The minimum atomic E-state index is -0.774. The van der Waals surface area contributed by atoms with Crippen LogP contribution in [0, 0.1) is 0 Å². The van der Waals surface area contributed by atoms with Crippen LogP contribution in [0.1, 0.15) is 29.5 Å². The molecular weight excluding hydrogens is 316 g/mol. The van der Waals surface area contributed by atoms with Gasteiger partial charge in [-0.1, -0.05) is 24.3 Å². The number of hydrogen-bond donors (Lipinski definition) is 1. The zero-order valence-electron chi connectivity index (χ0n) is 14.1. The quantitative estimate of drug-likeness (QED) is 0.920. The lowest BCUT2D eigenvalue weighted by Gasteiger charge is -2.34. The van der Waals surface area contributed by atoms with Crippen molar-refractivity contribution in [3.8, 4) is 0 Å². The van der Waals surface area contributed by atoms with Gasteiger partial charge in [0.05, 0.1) is 0 Å². The van der Waals surface area contributed by atoms with Gasteiger partial charge >= 0.3 is 5.97 Å². The zero-order chi connectivity index (χ0) is 17.2. The molecule has 2 aliphatic rings. The van der Waals surface area contributed by atoms with Crippen molar-refractivity contribution in [1.82, 2.24) is 14.9 Å². The number of carboxylic acids is 1. The summed E-state index contributed by atoms with van der Waals surface area (Å²) in [6.07, 6.45) is 6.59. The second-order valence-corrected chi connectivity index (χ2v) is 6.82. The second-order valence-electron chi connectivity index (χ2n) is 6.82. The Balaban J connectivity index is 1.51. The monoisotopic (exact) mass is 338 g/mol. The first kappa shape index (κ1) is 16.0. The van der Waals surface area contributed by atoms with Crippen molar-refractivity contribution in [1.29, 1.82) is 0 Å². The molecule has 1 aromatic heterocycles. The molecule has 2 aliphatic heterocycles. The van der Waals surface area contributed by atoms with E-state index < -0.39 is 12.0 Å². The molecule has 4 rings (SSSR count). The van der Waals surface area contributed by atoms with Gasteiger partial charge in [0.15, 0.2) is 0 Å². The highest BCUT2D eigenvalue weighted by molar-refractivity contribution is 5.74. The van der Waals surface area contributed by atoms with E-state index in [9.17, 15) is 9.90 Å². The van der Waals surface area contributed by atoms with Crippen LogP contribution < -0.4 is 4.90 Å². The number of fused-ring (bicyclic) bond motifs is 1. The van der Waals surface area contributed by atoms with E-state index in [1.54, 1.807) is 0 Å². The number of aliphatic carboxylic acids is 1. The molecule has 25 heavy (non-hydrogen) atoms. The van der Waals surface area contributed by atoms with Gasteiger partial charge in [-0.05, 0) is 30.4 Å². The summed E-state index contributed by atoms with van der Waals surface area (Å²) in [5.74, 6) is 0.00383. The largest absolute Gasteiger partial charge is 0.480 e. The molecule has 0 amide bonds. The first-order valence-corrected chi connectivity index (χ1v) is 8.80. The zero-order valence-corrected chi connectivity index (χ0v) is 14.1. The van der Waals surface area contributed by atoms with Crippen LogP contribution in [0.25, 0.3) is 0 Å². The van der Waals surface area contributed by atoms with Gasteiger partial charge < -0.3 is 10.0 Å². The van der Waals surface area contributed by atoms with Gasteiger partial charge in [0, 0.05) is 44.1 Å². The van der Waals surface area contributed by atoms with E-state index in [0.29, 0.717) is 19.5 Å². The van der Waals surface area contributed by atoms with Gasteiger partial charge in [0.25, 0.3) is 0 Å². The number of hydrogen-bond acceptors (Lipinski definition) is 5. The number of carboxylic acid groups (broad SMARTS) is 1. The number of nitrogens with zero attached hydrogens (tertiary/aromatic N) is 4. The first-order valence-electron chi connectivity index (χ1n) is 8.80. The third-order valence-corrected chi connectivity index (χ3v) is 5.10. The Bertz CT molecular complexity index is 756. The first-order chi connectivity index (χ1) is 12.2. The average molecular weight is 338 g/mol. The van der Waals surface area contributed by atoms with E-state index in [1.165, 1.54) is 18.4 Å². The number of benzene rings is 1. The van der Waals surface area contributed by atoms with Crippen molar-refractivity contribution in [3.05, 3.63) is 53.3 Å². The molecule has 1 N–H and O–H groups in total. The number of carbonyl (C=O) groups is 1. The van der Waals surface area contributed by atoms with Gasteiger partial charge in [-0.3, -0.25) is 9.69 Å². The number of anilines is 1. The minimum absolute atomic E-state index is 0.506. The molecule has 0 spiro atoms. The fourth-order valence-corrected chi connectivity index (χ4v) is 3.73. The molecule has 1 fully saturated rings. The van der Waals surface area contributed by atoms with Crippen molar-refractivity contribution in [2.75, 3.05) is 18.0 Å². The number of rotatable bonds is 4. The second kappa shape index (κ2) is 6.80. The van der Waals surface area contributed by atoms with Crippen LogP contribution in [0.3, 0.4) is 0 Å². The maximum Gasteiger partial charge on any atom is 0.321 e. The molecule has 2 aromatic rings. The molecule has 0 unspecified atom stereocenters. The highest BCUT2D eigenvalue weighted by Gasteiger charge is 2.31. The lowest BCUT2D eigenvalue weighted by atomic mass is 9.93. The maximum atomic E-state index is 11.7. The topological polar surface area (TPSA) is 69.6 Å². The van der Waals surface area contributed by atoms with Crippen molar-refractivity contribution in [3.63, 3.8) is 0 Å². The fraction of sp³-hybridized carbons (Fsp3) is 0.421. The summed E-state index contributed by atoms with van der Waals surface area (Å²) in [5.41, 5.74) is 3.29. The number of aromatic nitrogens is 2. The van der Waals surface area contributed by atoms with Crippen molar-refractivity contribution >= 4 is 11.9 Å². The Morgan fingerprint density at radius 2 is 1.80 bits per heavy atom. The third kappa shape index (κ3) is 3.35. The molecule has 1 saturated heterocycles. The fourth-order valence-electron chi connectivity index (χ4n) is 3.73. The Morgan fingerprint density at radius 3 is 2.48 bits per heavy atom. The molecule has 1 aromatic carbocycles. The molecule has 0 bridgehead atoms. The summed E-state index contributed by atoms with van der Waals surface area (Å²) in [7, 11) is 0. The van der Waals surface area contributed by atoms with Gasteiger partial charge in [0.1, 0.15) is 6.04 Å². The minimum Gasteiger partial charge on any atom is -0.480 e. The molecule has 3 heterocycles. The summed E-state index contributed by atoms with van der Waals surface area (Å²) in [6, 6.07) is 7.57. The molecule has 0 aliphatic carbocycles. The van der Waals surface area contributed by atoms with Gasteiger partial charge in [-0.15, -0.1) is 0 Å². The summed E-state index contributed by atoms with van der Waals surface area (Å²) >= 11 is 0. The molecule has 1 atom stereocenters. The van der Waals surface area contributed by atoms with Crippen LogP contribution in [-0.2, 0) is 24.3 Å². The van der Waals surface area contributed by atoms with Crippen LogP contribution in [0.15, 0.2) is 36.7 Å². The molecular formula is C19H22N4O2. The Kier molecular flexibility index (Phi) is 4.36. The maximum absolute atomic E-state index is 11.7. The lowest BCUT2D eigenvalue weighted by molar-refractivity contribution is -0.144. The van der Waals surface area contributed by atoms with E-state index in [-0.39, 0.29) is 0 Å². The Morgan fingerprint density at radius 1 is 1.12 bits per heavy atom. The molecule has 6 nitrogen and oxygen atoms in total. The summed E-state index contributed by atoms with van der Waals surface area (Å²) in [6.45, 7) is 3.22. The van der Waals surface area contributed by atoms with Crippen LogP contribution in [0.4, 0.5) is 5.95 Å². The van der Waals surface area contributed by atoms with Crippen LogP contribution in [0.2, 0.25) is 0 Å². The molecule has 6 heteroatoms. The summed E-state index contributed by atoms with van der Waals surface area (Å²) in [4.78, 5) is 24.9. The van der Waals surface area contributed by atoms with Crippen LogP contribution in [-0.4, -0.2) is 45.1 Å². The van der Waals surface area contributed by atoms with Crippen molar-refractivity contribution in [2.24, 2.45) is 0 Å². The SMILES string of the molecule is O=C(O)[C@H]1Cc2ccccc2CN1Cc1cnc(N2CCCC2)nc1. The average Bonchev–Trinajstić information content (AvgIpc) is 3.16. The predicted molar refractivity (Wildman–Crippen MR) is 94.3 cm³/mol. The highest BCUT2D eigenvalue weighted by atomic mass is 16.4. The summed E-state index contributed by atoms with van der Waals surface area (Å²) in [5, 5.41) is 9.62. The van der Waals surface area contributed by atoms with E-state index in [2.05, 4.69) is 20.9 Å².